The number of carbonyl (C=O) groups excluding carboxylic acids is 1. The van der Waals surface area contributed by atoms with Crippen LogP contribution in [0.25, 0.3) is 0 Å². The van der Waals surface area contributed by atoms with Gasteiger partial charge in [-0.3, -0.25) is 4.79 Å². The first-order valence-corrected chi connectivity index (χ1v) is 7.79. The van der Waals surface area contributed by atoms with Gasteiger partial charge in [-0.25, -0.2) is 9.97 Å². The van der Waals surface area contributed by atoms with Crippen LogP contribution >= 0.6 is 0 Å². The molecule has 0 saturated carbocycles. The lowest BCUT2D eigenvalue weighted by molar-refractivity contribution is 0.102. The predicted molar refractivity (Wildman–Crippen MR) is 90.7 cm³/mol. The minimum Gasteiger partial charge on any atom is -0.497 e. The summed E-state index contributed by atoms with van der Waals surface area (Å²) in [4.78, 5) is 23.4. The first kappa shape index (κ1) is 16.2. The third-order valence-corrected chi connectivity index (χ3v) is 3.72. The molecule has 0 aliphatic carbocycles. The van der Waals surface area contributed by atoms with Gasteiger partial charge in [0.1, 0.15) is 11.4 Å². The number of hydrogen-bond acceptors (Lipinski definition) is 6. The summed E-state index contributed by atoms with van der Waals surface area (Å²) >= 11 is 0. The molecule has 1 saturated heterocycles. The maximum absolute atomic E-state index is 12.5. The number of carbonyl (C=O) groups is 1. The summed E-state index contributed by atoms with van der Waals surface area (Å²) in [7, 11) is 1.60. The average molecular weight is 328 g/mol. The van der Waals surface area contributed by atoms with Crippen LogP contribution in [0.4, 0.5) is 11.6 Å². The third kappa shape index (κ3) is 3.80. The van der Waals surface area contributed by atoms with Crippen molar-refractivity contribution < 1.29 is 14.3 Å². The van der Waals surface area contributed by atoms with Gasteiger partial charge in [0.15, 0.2) is 0 Å². The Morgan fingerprint density at radius 3 is 2.58 bits per heavy atom. The van der Waals surface area contributed by atoms with E-state index in [1.807, 2.05) is 11.8 Å². The summed E-state index contributed by atoms with van der Waals surface area (Å²) in [5.41, 5.74) is 1.79. The van der Waals surface area contributed by atoms with Crippen LogP contribution in [0.2, 0.25) is 0 Å². The average Bonchev–Trinajstić information content (AvgIpc) is 2.62. The number of amides is 1. The summed E-state index contributed by atoms with van der Waals surface area (Å²) in [5, 5.41) is 2.84. The fourth-order valence-electron chi connectivity index (χ4n) is 2.44. The van der Waals surface area contributed by atoms with E-state index in [-0.39, 0.29) is 5.91 Å². The highest BCUT2D eigenvalue weighted by molar-refractivity contribution is 6.03. The highest BCUT2D eigenvalue weighted by Gasteiger charge is 2.17. The molecule has 0 atom stereocenters. The molecule has 2 aromatic rings. The van der Waals surface area contributed by atoms with Crippen LogP contribution in [0.3, 0.4) is 0 Å². The second-order valence-electron chi connectivity index (χ2n) is 5.48. The van der Waals surface area contributed by atoms with E-state index >= 15 is 0 Å². The van der Waals surface area contributed by atoms with Crippen molar-refractivity contribution in [3.63, 3.8) is 0 Å². The zero-order valence-corrected chi connectivity index (χ0v) is 13.8. The Kier molecular flexibility index (Phi) is 4.90. The quantitative estimate of drug-likeness (QED) is 0.923. The zero-order valence-electron chi connectivity index (χ0n) is 13.8. The number of morpholine rings is 1. The van der Waals surface area contributed by atoms with Crippen LogP contribution < -0.4 is 15.0 Å². The van der Waals surface area contributed by atoms with Crippen molar-refractivity contribution in [2.75, 3.05) is 43.6 Å². The number of rotatable bonds is 4. The lowest BCUT2D eigenvalue weighted by atomic mass is 10.2. The molecule has 1 aliphatic heterocycles. The van der Waals surface area contributed by atoms with Gasteiger partial charge in [0.25, 0.3) is 5.91 Å². The Morgan fingerprint density at radius 1 is 1.21 bits per heavy atom. The molecule has 3 rings (SSSR count). The van der Waals surface area contributed by atoms with Gasteiger partial charge in [0.05, 0.1) is 20.3 Å². The van der Waals surface area contributed by atoms with Crippen LogP contribution in [0, 0.1) is 6.92 Å². The summed E-state index contributed by atoms with van der Waals surface area (Å²) < 4.78 is 10.4. The molecule has 126 valence electrons. The van der Waals surface area contributed by atoms with Crippen LogP contribution in [-0.4, -0.2) is 49.3 Å². The molecule has 24 heavy (non-hydrogen) atoms. The van der Waals surface area contributed by atoms with Crippen LogP contribution in [0.5, 0.6) is 5.75 Å². The van der Waals surface area contributed by atoms with Gasteiger partial charge < -0.3 is 19.7 Å². The Morgan fingerprint density at radius 2 is 1.92 bits per heavy atom. The molecule has 1 aliphatic rings. The Hall–Kier alpha value is -2.67. The second kappa shape index (κ2) is 7.27. The molecule has 1 aromatic heterocycles. The molecular weight excluding hydrogens is 308 g/mol. The highest BCUT2D eigenvalue weighted by atomic mass is 16.5. The maximum Gasteiger partial charge on any atom is 0.274 e. The van der Waals surface area contributed by atoms with E-state index in [2.05, 4.69) is 15.3 Å². The molecule has 1 fully saturated rings. The first-order chi connectivity index (χ1) is 11.7. The van der Waals surface area contributed by atoms with Gasteiger partial charge in [0.2, 0.25) is 5.95 Å². The fraction of sp³-hybridized carbons (Fsp3) is 0.353. The Labute approximate surface area is 140 Å². The van der Waals surface area contributed by atoms with Gasteiger partial charge in [-0.05, 0) is 37.3 Å². The lowest BCUT2D eigenvalue weighted by Crippen LogP contribution is -2.37. The Balaban J connectivity index is 1.77. The molecule has 7 heteroatoms. The number of anilines is 2. The van der Waals surface area contributed by atoms with Crippen molar-refractivity contribution in [1.82, 2.24) is 9.97 Å². The SMILES string of the molecule is COc1ccc(NC(=O)c2cc(C)nc(N3CCOCC3)n2)cc1. The molecule has 1 amide bonds. The van der Waals surface area contributed by atoms with Crippen molar-refractivity contribution in [1.29, 1.82) is 0 Å². The normalized spacial score (nSPS) is 14.3. The molecule has 0 bridgehead atoms. The second-order valence-corrected chi connectivity index (χ2v) is 5.48. The molecule has 1 aromatic carbocycles. The fourth-order valence-corrected chi connectivity index (χ4v) is 2.44. The van der Waals surface area contributed by atoms with Crippen molar-refractivity contribution in [2.24, 2.45) is 0 Å². The molecule has 0 unspecified atom stereocenters. The topological polar surface area (TPSA) is 76.6 Å². The zero-order chi connectivity index (χ0) is 16.9. The van der Waals surface area contributed by atoms with Gasteiger partial charge in [-0.1, -0.05) is 0 Å². The number of hydrogen-bond donors (Lipinski definition) is 1. The van der Waals surface area contributed by atoms with Crippen molar-refractivity contribution >= 4 is 17.5 Å². The highest BCUT2D eigenvalue weighted by Crippen LogP contribution is 2.17. The van der Waals surface area contributed by atoms with E-state index in [4.69, 9.17) is 9.47 Å². The lowest BCUT2D eigenvalue weighted by Gasteiger charge is -2.27. The van der Waals surface area contributed by atoms with E-state index < -0.39 is 0 Å². The molecule has 1 N–H and O–H groups in total. The molecule has 0 radical (unpaired) electrons. The summed E-state index contributed by atoms with van der Waals surface area (Å²) in [6, 6.07) is 8.84. The smallest absolute Gasteiger partial charge is 0.274 e. The first-order valence-electron chi connectivity index (χ1n) is 7.79. The minimum absolute atomic E-state index is 0.264. The summed E-state index contributed by atoms with van der Waals surface area (Å²) in [6.45, 7) is 4.59. The van der Waals surface area contributed by atoms with Crippen LogP contribution in [0.15, 0.2) is 30.3 Å². The predicted octanol–water partition coefficient (Wildman–Crippen LogP) is 1.88. The number of aryl methyl sites for hydroxylation is 1. The number of aromatic nitrogens is 2. The maximum atomic E-state index is 12.5. The van der Waals surface area contributed by atoms with E-state index in [1.54, 1.807) is 37.4 Å². The van der Waals surface area contributed by atoms with Gasteiger partial charge in [0, 0.05) is 24.5 Å². The Bertz CT molecular complexity index is 712. The minimum atomic E-state index is -0.264. The van der Waals surface area contributed by atoms with Crippen LogP contribution in [-0.2, 0) is 4.74 Å². The molecular formula is C17H20N4O3. The standard InChI is InChI=1S/C17H20N4O3/c1-12-11-15(20-17(18-12)21-7-9-24-10-8-21)16(22)19-13-3-5-14(23-2)6-4-13/h3-6,11H,7-10H2,1-2H3,(H,19,22). The summed E-state index contributed by atoms with van der Waals surface area (Å²) in [5.74, 6) is 1.04. The third-order valence-electron chi connectivity index (χ3n) is 3.72. The monoisotopic (exact) mass is 328 g/mol. The van der Waals surface area contributed by atoms with Crippen LogP contribution in [0.1, 0.15) is 16.2 Å². The van der Waals surface area contributed by atoms with Crippen molar-refractivity contribution in [3.05, 3.63) is 41.7 Å². The van der Waals surface area contributed by atoms with E-state index in [0.717, 1.165) is 24.5 Å². The molecule has 0 spiro atoms. The number of benzene rings is 1. The largest absolute Gasteiger partial charge is 0.497 e. The molecule has 7 nitrogen and oxygen atoms in total. The van der Waals surface area contributed by atoms with Crippen molar-refractivity contribution in [2.45, 2.75) is 6.92 Å². The van der Waals surface area contributed by atoms with Gasteiger partial charge >= 0.3 is 0 Å². The van der Waals surface area contributed by atoms with E-state index in [0.29, 0.717) is 30.5 Å². The number of methoxy groups -OCH3 is 1. The number of ether oxygens (including phenoxy) is 2. The van der Waals surface area contributed by atoms with Crippen molar-refractivity contribution in [3.8, 4) is 5.75 Å². The van der Waals surface area contributed by atoms with E-state index in [9.17, 15) is 4.79 Å². The summed E-state index contributed by atoms with van der Waals surface area (Å²) in [6.07, 6.45) is 0. The van der Waals surface area contributed by atoms with Gasteiger partial charge in [-0.2, -0.15) is 0 Å². The van der Waals surface area contributed by atoms with Gasteiger partial charge in [-0.15, -0.1) is 0 Å². The number of nitrogens with zero attached hydrogens (tertiary/aromatic N) is 3. The van der Waals surface area contributed by atoms with E-state index in [1.165, 1.54) is 0 Å². The number of nitrogens with one attached hydrogen (secondary N) is 1. The molecule has 2 heterocycles.